The van der Waals surface area contributed by atoms with Gasteiger partial charge in [0.05, 0.1) is 12.8 Å². The minimum Gasteiger partial charge on any atom is -0.508 e. The molecule has 1 N–H and O–H groups in total. The summed E-state index contributed by atoms with van der Waals surface area (Å²) >= 11 is 0. The average molecular weight is 399 g/mol. The number of anilines is 1. The SMILES string of the molecule is C=C(O)C1=CN(Cc2ccc(-c3ccc(OC)cc3)cc2)c2c(F)cccc2C1=C. The van der Waals surface area contributed by atoms with E-state index in [4.69, 9.17) is 4.74 Å². The van der Waals surface area contributed by atoms with Gasteiger partial charge in [0.1, 0.15) is 17.3 Å². The van der Waals surface area contributed by atoms with E-state index in [9.17, 15) is 9.50 Å². The van der Waals surface area contributed by atoms with E-state index in [0.717, 1.165) is 22.4 Å². The van der Waals surface area contributed by atoms with Gasteiger partial charge in [0.2, 0.25) is 0 Å². The maximum absolute atomic E-state index is 14.7. The minimum atomic E-state index is -0.331. The van der Waals surface area contributed by atoms with Gasteiger partial charge in [0.15, 0.2) is 0 Å². The third-order valence-corrected chi connectivity index (χ3v) is 5.25. The fourth-order valence-electron chi connectivity index (χ4n) is 3.65. The standard InChI is InChI=1S/C26H22FNO2/c1-17-23-5-4-6-25(27)26(23)28(16-24(17)18(2)29)15-19-7-9-20(10-8-19)21-11-13-22(30-3)14-12-21/h4-14,16,29H,1-2,15H2,3H3. The number of aliphatic hydroxyl groups excluding tert-OH is 1. The number of para-hydroxylation sites is 1. The molecule has 30 heavy (non-hydrogen) atoms. The molecule has 3 aromatic rings. The normalized spacial score (nSPS) is 12.9. The van der Waals surface area contributed by atoms with Crippen molar-refractivity contribution in [1.82, 2.24) is 0 Å². The predicted molar refractivity (Wildman–Crippen MR) is 120 cm³/mol. The van der Waals surface area contributed by atoms with Crippen LogP contribution < -0.4 is 9.64 Å². The first-order valence-corrected chi connectivity index (χ1v) is 9.56. The highest BCUT2D eigenvalue weighted by atomic mass is 19.1. The van der Waals surface area contributed by atoms with Gasteiger partial charge in [-0.1, -0.05) is 61.7 Å². The number of hydrogen-bond acceptors (Lipinski definition) is 3. The van der Waals surface area contributed by atoms with Crippen molar-refractivity contribution in [2.24, 2.45) is 0 Å². The van der Waals surface area contributed by atoms with Crippen LogP contribution in [0.1, 0.15) is 11.1 Å². The fraction of sp³-hybridized carbons (Fsp3) is 0.0769. The van der Waals surface area contributed by atoms with Crippen LogP contribution in [0.2, 0.25) is 0 Å². The Hall–Kier alpha value is -3.79. The molecule has 150 valence electrons. The lowest BCUT2D eigenvalue weighted by Gasteiger charge is -2.31. The molecule has 0 atom stereocenters. The van der Waals surface area contributed by atoms with Gasteiger partial charge < -0.3 is 14.7 Å². The van der Waals surface area contributed by atoms with Crippen LogP contribution in [0, 0.1) is 5.82 Å². The van der Waals surface area contributed by atoms with Gasteiger partial charge in [0, 0.05) is 23.9 Å². The van der Waals surface area contributed by atoms with Crippen LogP contribution >= 0.6 is 0 Å². The molecule has 0 saturated heterocycles. The molecule has 3 aromatic carbocycles. The Labute approximate surface area is 175 Å². The van der Waals surface area contributed by atoms with Gasteiger partial charge in [-0.05, 0) is 40.5 Å². The highest BCUT2D eigenvalue weighted by molar-refractivity contribution is 5.91. The number of benzene rings is 3. The number of halogens is 1. The van der Waals surface area contributed by atoms with Crippen molar-refractivity contribution < 1.29 is 14.2 Å². The molecular formula is C26H22FNO2. The second kappa shape index (κ2) is 7.91. The Morgan fingerprint density at radius 1 is 1.00 bits per heavy atom. The smallest absolute Gasteiger partial charge is 0.147 e. The molecule has 0 fully saturated rings. The van der Waals surface area contributed by atoms with E-state index >= 15 is 0 Å². The van der Waals surface area contributed by atoms with Crippen molar-refractivity contribution in [2.75, 3.05) is 12.0 Å². The van der Waals surface area contributed by atoms with Gasteiger partial charge in [-0.3, -0.25) is 0 Å². The van der Waals surface area contributed by atoms with Gasteiger partial charge in [-0.2, -0.15) is 0 Å². The van der Waals surface area contributed by atoms with Crippen molar-refractivity contribution in [1.29, 1.82) is 0 Å². The third-order valence-electron chi connectivity index (χ3n) is 5.25. The molecule has 0 aliphatic carbocycles. The molecule has 0 aromatic heterocycles. The molecule has 0 radical (unpaired) electrons. The Balaban J connectivity index is 1.64. The lowest BCUT2D eigenvalue weighted by atomic mass is 9.93. The zero-order valence-corrected chi connectivity index (χ0v) is 16.7. The maximum Gasteiger partial charge on any atom is 0.147 e. The fourth-order valence-corrected chi connectivity index (χ4v) is 3.65. The van der Waals surface area contributed by atoms with E-state index in [1.54, 1.807) is 30.3 Å². The highest BCUT2D eigenvalue weighted by Gasteiger charge is 2.25. The van der Waals surface area contributed by atoms with Gasteiger partial charge in [-0.15, -0.1) is 0 Å². The van der Waals surface area contributed by atoms with Crippen LogP contribution in [0.15, 0.2) is 97.4 Å². The van der Waals surface area contributed by atoms with Crippen LogP contribution in [-0.2, 0) is 6.54 Å². The Bertz CT molecular complexity index is 1140. The summed E-state index contributed by atoms with van der Waals surface area (Å²) in [5.41, 5.74) is 5.34. The molecule has 3 nitrogen and oxygen atoms in total. The molecule has 0 bridgehead atoms. The van der Waals surface area contributed by atoms with Crippen LogP contribution in [0.4, 0.5) is 10.1 Å². The number of aliphatic hydroxyl groups is 1. The number of rotatable bonds is 5. The van der Waals surface area contributed by atoms with E-state index < -0.39 is 0 Å². The van der Waals surface area contributed by atoms with Crippen molar-refractivity contribution >= 4 is 11.3 Å². The summed E-state index contributed by atoms with van der Waals surface area (Å²) in [6.45, 7) is 8.07. The van der Waals surface area contributed by atoms with Gasteiger partial charge >= 0.3 is 0 Å². The number of nitrogens with zero attached hydrogens (tertiary/aromatic N) is 1. The second-order valence-corrected chi connectivity index (χ2v) is 7.16. The zero-order valence-electron chi connectivity index (χ0n) is 16.7. The van der Waals surface area contributed by atoms with Crippen LogP contribution in [0.25, 0.3) is 16.7 Å². The number of ether oxygens (including phenoxy) is 1. The molecule has 1 aliphatic rings. The third kappa shape index (κ3) is 3.60. The number of methoxy groups -OCH3 is 1. The molecular weight excluding hydrogens is 377 g/mol. The highest BCUT2D eigenvalue weighted by Crippen LogP contribution is 2.40. The molecule has 0 unspecified atom stereocenters. The second-order valence-electron chi connectivity index (χ2n) is 7.16. The molecule has 0 spiro atoms. The summed E-state index contributed by atoms with van der Waals surface area (Å²) in [7, 11) is 1.65. The zero-order chi connectivity index (χ0) is 21.3. The van der Waals surface area contributed by atoms with Crippen molar-refractivity contribution in [2.45, 2.75) is 6.54 Å². The Kier molecular flexibility index (Phi) is 5.15. The largest absolute Gasteiger partial charge is 0.508 e. The van der Waals surface area contributed by atoms with Gasteiger partial charge in [0.25, 0.3) is 0 Å². The first-order valence-electron chi connectivity index (χ1n) is 9.56. The van der Waals surface area contributed by atoms with Gasteiger partial charge in [-0.25, -0.2) is 4.39 Å². The summed E-state index contributed by atoms with van der Waals surface area (Å²) in [4.78, 5) is 1.79. The summed E-state index contributed by atoms with van der Waals surface area (Å²) in [5.74, 6) is 0.396. The quantitative estimate of drug-likeness (QED) is 0.498. The average Bonchev–Trinajstić information content (AvgIpc) is 2.76. The number of allylic oxidation sites excluding steroid dienone is 1. The first-order chi connectivity index (χ1) is 14.5. The van der Waals surface area contributed by atoms with E-state index in [-0.39, 0.29) is 11.6 Å². The summed E-state index contributed by atoms with van der Waals surface area (Å²) in [5, 5.41) is 9.97. The van der Waals surface area contributed by atoms with Crippen molar-refractivity contribution in [3.05, 3.63) is 114 Å². The lowest BCUT2D eigenvalue weighted by Crippen LogP contribution is -2.23. The van der Waals surface area contributed by atoms with Crippen LogP contribution in [0.3, 0.4) is 0 Å². The van der Waals surface area contributed by atoms with Crippen molar-refractivity contribution in [3.8, 4) is 16.9 Å². The van der Waals surface area contributed by atoms with E-state index in [0.29, 0.717) is 28.9 Å². The predicted octanol–water partition coefficient (Wildman–Crippen LogP) is 6.49. The van der Waals surface area contributed by atoms with Crippen LogP contribution in [0.5, 0.6) is 5.75 Å². The summed E-state index contributed by atoms with van der Waals surface area (Å²) in [6, 6.07) is 20.9. The molecule has 1 aliphatic heterocycles. The molecule has 1 heterocycles. The maximum atomic E-state index is 14.7. The van der Waals surface area contributed by atoms with Crippen molar-refractivity contribution in [3.63, 3.8) is 0 Å². The molecule has 0 saturated carbocycles. The van der Waals surface area contributed by atoms with E-state index in [2.05, 4.69) is 13.2 Å². The molecule has 4 heteroatoms. The Morgan fingerprint density at radius 3 is 2.23 bits per heavy atom. The van der Waals surface area contributed by atoms with E-state index in [1.807, 2.05) is 48.5 Å². The number of fused-ring (bicyclic) bond motifs is 1. The number of hydrogen-bond donors (Lipinski definition) is 1. The minimum absolute atomic E-state index is 0.0882. The lowest BCUT2D eigenvalue weighted by molar-refractivity contribution is 0.415. The molecule has 4 rings (SSSR count). The van der Waals surface area contributed by atoms with Crippen LogP contribution in [-0.4, -0.2) is 12.2 Å². The Morgan fingerprint density at radius 2 is 1.63 bits per heavy atom. The summed E-state index contributed by atoms with van der Waals surface area (Å²) < 4.78 is 19.9. The monoisotopic (exact) mass is 399 g/mol. The molecule has 0 amide bonds. The van der Waals surface area contributed by atoms with E-state index in [1.165, 1.54) is 6.07 Å². The first kappa shape index (κ1) is 19.5. The topological polar surface area (TPSA) is 32.7 Å². The summed E-state index contributed by atoms with van der Waals surface area (Å²) in [6.07, 6.45) is 1.70.